The van der Waals surface area contributed by atoms with Gasteiger partial charge in [-0.1, -0.05) is 25.1 Å². The number of carbonyl (C=O) groups is 1. The smallest absolute Gasteiger partial charge is 0.257 e. The van der Waals surface area contributed by atoms with E-state index in [0.717, 1.165) is 31.5 Å². The van der Waals surface area contributed by atoms with Crippen LogP contribution in [0.15, 0.2) is 28.8 Å². The van der Waals surface area contributed by atoms with Gasteiger partial charge in [0.1, 0.15) is 0 Å². The second kappa shape index (κ2) is 9.32. The van der Waals surface area contributed by atoms with Crippen LogP contribution in [0.3, 0.4) is 0 Å². The monoisotopic (exact) mass is 344 g/mol. The normalized spacial score (nSPS) is 12.2. The van der Waals surface area contributed by atoms with E-state index in [9.17, 15) is 4.79 Å². The Morgan fingerprint density at radius 2 is 2.00 bits per heavy atom. The summed E-state index contributed by atoms with van der Waals surface area (Å²) in [6.07, 6.45) is 2.59. The van der Waals surface area contributed by atoms with Crippen LogP contribution in [0.2, 0.25) is 0 Å². The zero-order valence-electron chi connectivity index (χ0n) is 15.6. The van der Waals surface area contributed by atoms with Crippen molar-refractivity contribution < 1.29 is 9.32 Å². The molecule has 136 valence electrons. The van der Waals surface area contributed by atoms with Gasteiger partial charge in [-0.15, -0.1) is 0 Å². The summed E-state index contributed by atoms with van der Waals surface area (Å²) < 4.78 is 5.37. The zero-order chi connectivity index (χ0) is 18.2. The lowest BCUT2D eigenvalue weighted by atomic mass is 10.1. The maximum absolute atomic E-state index is 12.7. The number of nitrogens with zero attached hydrogens (tertiary/aromatic N) is 3. The predicted octanol–water partition coefficient (Wildman–Crippen LogP) is 3.15. The molecule has 2 aromatic rings. The van der Waals surface area contributed by atoms with E-state index in [2.05, 4.69) is 36.2 Å². The minimum atomic E-state index is 0.0501. The van der Waals surface area contributed by atoms with Crippen LogP contribution in [0.1, 0.15) is 49.8 Å². The Kier molecular flexibility index (Phi) is 7.13. The maximum Gasteiger partial charge on any atom is 0.257 e. The summed E-state index contributed by atoms with van der Waals surface area (Å²) in [6.45, 7) is 7.76. The summed E-state index contributed by atoms with van der Waals surface area (Å²) in [5.41, 5.74) is 1.43. The molecule has 1 atom stereocenters. The number of rotatable bonds is 9. The lowest BCUT2D eigenvalue weighted by Crippen LogP contribution is -2.32. The van der Waals surface area contributed by atoms with Crippen LogP contribution in [0, 0.1) is 0 Å². The van der Waals surface area contributed by atoms with E-state index in [0.29, 0.717) is 23.7 Å². The van der Waals surface area contributed by atoms with Gasteiger partial charge in [0.25, 0.3) is 11.8 Å². The summed E-state index contributed by atoms with van der Waals surface area (Å²) in [6, 6.07) is 7.69. The SMILES string of the molecule is CCCN(CCC)C(=O)c1cccc(-c2nc(CC(C)NC)no2)c1. The fourth-order valence-corrected chi connectivity index (χ4v) is 2.65. The van der Waals surface area contributed by atoms with Gasteiger partial charge in [0, 0.05) is 36.7 Å². The minimum absolute atomic E-state index is 0.0501. The molecule has 6 nitrogen and oxygen atoms in total. The number of amides is 1. The molecule has 0 bridgehead atoms. The summed E-state index contributed by atoms with van der Waals surface area (Å²) in [5, 5.41) is 7.18. The molecule has 0 saturated carbocycles. The van der Waals surface area contributed by atoms with Crippen molar-refractivity contribution in [3.63, 3.8) is 0 Å². The largest absolute Gasteiger partial charge is 0.339 e. The van der Waals surface area contributed by atoms with Crippen molar-refractivity contribution in [2.75, 3.05) is 20.1 Å². The Morgan fingerprint density at radius 1 is 1.28 bits per heavy atom. The van der Waals surface area contributed by atoms with Crippen LogP contribution in [0.4, 0.5) is 0 Å². The molecule has 1 heterocycles. The first kappa shape index (κ1) is 19.1. The molecule has 1 amide bonds. The van der Waals surface area contributed by atoms with Gasteiger partial charge < -0.3 is 14.7 Å². The van der Waals surface area contributed by atoms with Crippen LogP contribution >= 0.6 is 0 Å². The number of hydrogen-bond acceptors (Lipinski definition) is 5. The molecule has 0 saturated heterocycles. The molecule has 0 radical (unpaired) electrons. The van der Waals surface area contributed by atoms with Crippen LogP contribution in [0.25, 0.3) is 11.5 Å². The highest BCUT2D eigenvalue weighted by Gasteiger charge is 2.17. The lowest BCUT2D eigenvalue weighted by molar-refractivity contribution is 0.0755. The van der Waals surface area contributed by atoms with Crippen molar-refractivity contribution in [2.45, 2.75) is 46.1 Å². The van der Waals surface area contributed by atoms with Crippen LogP contribution in [-0.4, -0.2) is 47.1 Å². The number of carbonyl (C=O) groups excluding carboxylic acids is 1. The van der Waals surface area contributed by atoms with E-state index < -0.39 is 0 Å². The van der Waals surface area contributed by atoms with E-state index in [-0.39, 0.29) is 11.9 Å². The third-order valence-electron chi connectivity index (χ3n) is 4.08. The van der Waals surface area contributed by atoms with E-state index in [1.54, 1.807) is 0 Å². The van der Waals surface area contributed by atoms with Gasteiger partial charge in [-0.25, -0.2) is 0 Å². The van der Waals surface area contributed by atoms with Gasteiger partial charge >= 0.3 is 0 Å². The number of likely N-dealkylation sites (N-methyl/N-ethyl adjacent to an activating group) is 1. The number of nitrogens with one attached hydrogen (secondary N) is 1. The fraction of sp³-hybridized carbons (Fsp3) is 0.526. The molecule has 1 N–H and O–H groups in total. The lowest BCUT2D eigenvalue weighted by Gasteiger charge is -2.21. The second-order valence-corrected chi connectivity index (χ2v) is 6.28. The molecule has 1 aromatic heterocycles. The summed E-state index contributed by atoms with van der Waals surface area (Å²) >= 11 is 0. The number of benzene rings is 1. The van der Waals surface area contributed by atoms with Crippen molar-refractivity contribution in [1.29, 1.82) is 0 Å². The fourth-order valence-electron chi connectivity index (χ4n) is 2.65. The molecule has 0 aliphatic carbocycles. The summed E-state index contributed by atoms with van der Waals surface area (Å²) in [5.74, 6) is 1.16. The van der Waals surface area contributed by atoms with E-state index in [1.165, 1.54) is 0 Å². The van der Waals surface area contributed by atoms with Gasteiger partial charge in [-0.3, -0.25) is 4.79 Å². The van der Waals surface area contributed by atoms with E-state index >= 15 is 0 Å². The van der Waals surface area contributed by atoms with Gasteiger partial charge in [-0.2, -0.15) is 4.98 Å². The van der Waals surface area contributed by atoms with Crippen molar-refractivity contribution in [3.8, 4) is 11.5 Å². The molecule has 1 aromatic carbocycles. The van der Waals surface area contributed by atoms with Gasteiger partial charge in [0.05, 0.1) is 0 Å². The molecule has 0 aliphatic rings. The summed E-state index contributed by atoms with van der Waals surface area (Å²) in [4.78, 5) is 19.1. The van der Waals surface area contributed by atoms with Crippen LogP contribution in [0.5, 0.6) is 0 Å². The Bertz CT molecular complexity index is 678. The Balaban J connectivity index is 2.19. The van der Waals surface area contributed by atoms with Crippen LogP contribution in [-0.2, 0) is 6.42 Å². The first-order valence-corrected chi connectivity index (χ1v) is 8.98. The standard InChI is InChI=1S/C19H28N4O2/c1-5-10-23(11-6-2)19(24)16-9-7-8-15(13-16)18-21-17(22-25-18)12-14(3)20-4/h7-9,13-14,20H,5-6,10-12H2,1-4H3. The highest BCUT2D eigenvalue weighted by molar-refractivity contribution is 5.95. The zero-order valence-corrected chi connectivity index (χ0v) is 15.6. The molecule has 25 heavy (non-hydrogen) atoms. The molecule has 0 fully saturated rings. The first-order valence-electron chi connectivity index (χ1n) is 8.98. The van der Waals surface area contributed by atoms with E-state index in [4.69, 9.17) is 4.52 Å². The first-order chi connectivity index (χ1) is 12.1. The van der Waals surface area contributed by atoms with Crippen molar-refractivity contribution in [3.05, 3.63) is 35.7 Å². The van der Waals surface area contributed by atoms with Crippen molar-refractivity contribution in [1.82, 2.24) is 20.4 Å². The maximum atomic E-state index is 12.7. The third-order valence-corrected chi connectivity index (χ3v) is 4.08. The Morgan fingerprint density at radius 3 is 2.64 bits per heavy atom. The second-order valence-electron chi connectivity index (χ2n) is 6.28. The van der Waals surface area contributed by atoms with Crippen molar-refractivity contribution in [2.24, 2.45) is 0 Å². The minimum Gasteiger partial charge on any atom is -0.339 e. The van der Waals surface area contributed by atoms with E-state index in [1.807, 2.05) is 36.2 Å². The van der Waals surface area contributed by atoms with Gasteiger partial charge in [-0.05, 0) is 45.0 Å². The van der Waals surface area contributed by atoms with Gasteiger partial charge in [0.2, 0.25) is 0 Å². The molecule has 0 aliphatic heterocycles. The molecule has 0 spiro atoms. The topological polar surface area (TPSA) is 71.3 Å². The average molecular weight is 344 g/mol. The number of aromatic nitrogens is 2. The molecular weight excluding hydrogens is 316 g/mol. The third kappa shape index (κ3) is 5.13. The summed E-state index contributed by atoms with van der Waals surface area (Å²) in [7, 11) is 1.90. The number of hydrogen-bond donors (Lipinski definition) is 1. The predicted molar refractivity (Wildman–Crippen MR) is 98.4 cm³/mol. The quantitative estimate of drug-likeness (QED) is 0.756. The van der Waals surface area contributed by atoms with Crippen molar-refractivity contribution >= 4 is 5.91 Å². The molecule has 2 rings (SSSR count). The Labute approximate surface area is 149 Å². The molecule has 6 heteroatoms. The van der Waals surface area contributed by atoms with Crippen LogP contribution < -0.4 is 5.32 Å². The highest BCUT2D eigenvalue weighted by atomic mass is 16.5. The molecular formula is C19H28N4O2. The van der Waals surface area contributed by atoms with Gasteiger partial charge in [0.15, 0.2) is 5.82 Å². The average Bonchev–Trinajstić information content (AvgIpc) is 3.09. The highest BCUT2D eigenvalue weighted by Crippen LogP contribution is 2.20. The Hall–Kier alpha value is -2.21. The molecule has 1 unspecified atom stereocenters.